The molecule has 120 valence electrons. The minimum absolute atomic E-state index is 0.170. The Bertz CT molecular complexity index is 895. The molecule has 0 atom stereocenters. The van der Waals surface area contributed by atoms with Crippen molar-refractivity contribution in [2.45, 2.75) is 13.0 Å². The van der Waals surface area contributed by atoms with E-state index in [0.717, 1.165) is 11.3 Å². The number of carbonyl (C=O) groups is 1. The van der Waals surface area contributed by atoms with E-state index in [1.807, 2.05) is 6.07 Å². The van der Waals surface area contributed by atoms with Crippen LogP contribution in [0.2, 0.25) is 0 Å². The molecule has 6 nitrogen and oxygen atoms in total. The first-order valence-corrected chi connectivity index (χ1v) is 7.51. The summed E-state index contributed by atoms with van der Waals surface area (Å²) in [6, 6.07) is 6.35. The quantitative estimate of drug-likeness (QED) is 0.724. The molecular weight excluding hydrogens is 311 g/mol. The third-order valence-corrected chi connectivity index (χ3v) is 3.88. The van der Waals surface area contributed by atoms with Crippen molar-refractivity contribution in [3.05, 3.63) is 65.8 Å². The van der Waals surface area contributed by atoms with E-state index in [9.17, 15) is 9.18 Å². The Kier molecular flexibility index (Phi) is 3.53. The van der Waals surface area contributed by atoms with Crippen LogP contribution in [0.1, 0.15) is 21.9 Å². The summed E-state index contributed by atoms with van der Waals surface area (Å²) in [5.74, 6) is 0.167. The highest BCUT2D eigenvalue weighted by molar-refractivity contribution is 5.92. The van der Waals surface area contributed by atoms with Gasteiger partial charge in [-0.05, 0) is 24.3 Å². The summed E-state index contributed by atoms with van der Waals surface area (Å²) in [6.07, 6.45) is 5.28. The van der Waals surface area contributed by atoms with Crippen molar-refractivity contribution >= 4 is 5.91 Å². The van der Waals surface area contributed by atoms with Gasteiger partial charge in [-0.1, -0.05) is 0 Å². The SMILES string of the molecule is O=C(c1ncccc1F)N1CCc2oc(-c3cccnc3)nc2C1. The van der Waals surface area contributed by atoms with Crippen molar-refractivity contribution in [1.82, 2.24) is 19.9 Å². The van der Waals surface area contributed by atoms with E-state index >= 15 is 0 Å². The smallest absolute Gasteiger partial charge is 0.275 e. The highest BCUT2D eigenvalue weighted by Gasteiger charge is 2.28. The van der Waals surface area contributed by atoms with Gasteiger partial charge >= 0.3 is 0 Å². The molecule has 4 rings (SSSR count). The molecule has 0 aromatic carbocycles. The second-order valence-corrected chi connectivity index (χ2v) is 5.44. The molecule has 1 amide bonds. The lowest BCUT2D eigenvalue weighted by atomic mass is 10.1. The Morgan fingerprint density at radius 2 is 2.12 bits per heavy atom. The molecular formula is C17H13FN4O2. The van der Waals surface area contributed by atoms with E-state index in [1.54, 1.807) is 18.5 Å². The summed E-state index contributed by atoms with van der Waals surface area (Å²) in [6.45, 7) is 0.706. The lowest BCUT2D eigenvalue weighted by Crippen LogP contribution is -2.36. The summed E-state index contributed by atoms with van der Waals surface area (Å²) in [4.78, 5) is 26.3. The van der Waals surface area contributed by atoms with E-state index in [2.05, 4.69) is 15.0 Å². The Hall–Kier alpha value is -3.09. The Balaban J connectivity index is 1.59. The fourth-order valence-corrected chi connectivity index (χ4v) is 2.68. The van der Waals surface area contributed by atoms with Crippen molar-refractivity contribution in [2.75, 3.05) is 6.54 Å². The highest BCUT2D eigenvalue weighted by atomic mass is 19.1. The van der Waals surface area contributed by atoms with Crippen molar-refractivity contribution in [3.8, 4) is 11.5 Å². The van der Waals surface area contributed by atoms with Gasteiger partial charge in [0.05, 0.1) is 12.1 Å². The van der Waals surface area contributed by atoms with Crippen LogP contribution in [0, 0.1) is 5.82 Å². The predicted octanol–water partition coefficient (Wildman–Crippen LogP) is 2.47. The van der Waals surface area contributed by atoms with Crippen LogP contribution in [0.5, 0.6) is 0 Å². The minimum Gasteiger partial charge on any atom is -0.441 e. The number of pyridine rings is 2. The number of nitrogens with zero attached hydrogens (tertiary/aromatic N) is 4. The number of oxazole rings is 1. The molecule has 3 aromatic heterocycles. The van der Waals surface area contributed by atoms with Crippen molar-refractivity contribution < 1.29 is 13.6 Å². The second-order valence-electron chi connectivity index (χ2n) is 5.44. The van der Waals surface area contributed by atoms with Crippen LogP contribution in [0.25, 0.3) is 11.5 Å². The topological polar surface area (TPSA) is 72.1 Å². The van der Waals surface area contributed by atoms with Crippen LogP contribution >= 0.6 is 0 Å². The molecule has 0 unspecified atom stereocenters. The third kappa shape index (κ3) is 2.54. The van der Waals surface area contributed by atoms with Gasteiger partial charge in [-0.25, -0.2) is 14.4 Å². The van der Waals surface area contributed by atoms with Crippen molar-refractivity contribution in [2.24, 2.45) is 0 Å². The fraction of sp³-hybridized carbons (Fsp3) is 0.176. The first-order valence-electron chi connectivity index (χ1n) is 7.51. The van der Waals surface area contributed by atoms with Gasteiger partial charge in [-0.15, -0.1) is 0 Å². The molecule has 0 fully saturated rings. The molecule has 4 heterocycles. The van der Waals surface area contributed by atoms with Crippen LogP contribution in [-0.4, -0.2) is 32.3 Å². The van der Waals surface area contributed by atoms with Crippen LogP contribution in [-0.2, 0) is 13.0 Å². The second kappa shape index (κ2) is 5.84. The molecule has 0 spiro atoms. The van der Waals surface area contributed by atoms with E-state index in [4.69, 9.17) is 4.42 Å². The molecule has 0 aliphatic carbocycles. The molecule has 0 bridgehead atoms. The van der Waals surface area contributed by atoms with Crippen LogP contribution in [0.15, 0.2) is 47.3 Å². The predicted molar refractivity (Wildman–Crippen MR) is 82.4 cm³/mol. The zero-order valence-electron chi connectivity index (χ0n) is 12.6. The van der Waals surface area contributed by atoms with Crippen molar-refractivity contribution in [1.29, 1.82) is 0 Å². The van der Waals surface area contributed by atoms with E-state index in [0.29, 0.717) is 24.6 Å². The van der Waals surface area contributed by atoms with Gasteiger partial charge in [0.15, 0.2) is 11.5 Å². The molecule has 0 N–H and O–H groups in total. The van der Waals surface area contributed by atoms with Gasteiger partial charge in [0, 0.05) is 31.6 Å². The van der Waals surface area contributed by atoms with Crippen LogP contribution in [0.4, 0.5) is 4.39 Å². The van der Waals surface area contributed by atoms with E-state index in [1.165, 1.54) is 23.2 Å². The zero-order valence-corrected chi connectivity index (χ0v) is 12.6. The van der Waals surface area contributed by atoms with Gasteiger partial charge in [-0.3, -0.25) is 9.78 Å². The number of aromatic nitrogens is 3. The van der Waals surface area contributed by atoms with Gasteiger partial charge < -0.3 is 9.32 Å². The first kappa shape index (κ1) is 14.5. The van der Waals surface area contributed by atoms with Gasteiger partial charge in [0.1, 0.15) is 11.5 Å². The zero-order chi connectivity index (χ0) is 16.5. The molecule has 0 saturated carbocycles. The molecule has 24 heavy (non-hydrogen) atoms. The summed E-state index contributed by atoms with van der Waals surface area (Å²) >= 11 is 0. The number of hydrogen-bond donors (Lipinski definition) is 0. The van der Waals surface area contributed by atoms with E-state index in [-0.39, 0.29) is 12.2 Å². The van der Waals surface area contributed by atoms with Crippen LogP contribution in [0.3, 0.4) is 0 Å². The highest BCUT2D eigenvalue weighted by Crippen LogP contribution is 2.26. The maximum absolute atomic E-state index is 13.8. The van der Waals surface area contributed by atoms with Crippen LogP contribution < -0.4 is 0 Å². The maximum Gasteiger partial charge on any atom is 0.275 e. The lowest BCUT2D eigenvalue weighted by Gasteiger charge is -2.25. The summed E-state index contributed by atoms with van der Waals surface area (Å²) in [7, 11) is 0. The fourth-order valence-electron chi connectivity index (χ4n) is 2.68. The largest absolute Gasteiger partial charge is 0.441 e. The van der Waals surface area contributed by atoms with E-state index < -0.39 is 11.7 Å². The number of fused-ring (bicyclic) bond motifs is 1. The minimum atomic E-state index is -0.621. The van der Waals surface area contributed by atoms with Gasteiger partial charge in [0.2, 0.25) is 5.89 Å². The van der Waals surface area contributed by atoms with Gasteiger partial charge in [0.25, 0.3) is 5.91 Å². The monoisotopic (exact) mass is 324 g/mol. The molecule has 1 aliphatic rings. The number of hydrogen-bond acceptors (Lipinski definition) is 5. The third-order valence-electron chi connectivity index (χ3n) is 3.88. The number of amides is 1. The molecule has 0 saturated heterocycles. The Morgan fingerprint density at radius 3 is 2.92 bits per heavy atom. The number of halogens is 1. The molecule has 7 heteroatoms. The van der Waals surface area contributed by atoms with Crippen molar-refractivity contribution in [3.63, 3.8) is 0 Å². The number of rotatable bonds is 2. The summed E-state index contributed by atoms with van der Waals surface area (Å²) < 4.78 is 19.5. The first-order chi connectivity index (χ1) is 11.7. The average molecular weight is 324 g/mol. The Labute approximate surface area is 137 Å². The molecule has 0 radical (unpaired) electrons. The maximum atomic E-state index is 13.8. The number of carbonyl (C=O) groups excluding carboxylic acids is 1. The Morgan fingerprint density at radius 1 is 1.25 bits per heavy atom. The summed E-state index contributed by atoms with van der Waals surface area (Å²) in [5.41, 5.74) is 1.29. The summed E-state index contributed by atoms with van der Waals surface area (Å²) in [5, 5.41) is 0. The normalized spacial score (nSPS) is 13.6. The van der Waals surface area contributed by atoms with Gasteiger partial charge in [-0.2, -0.15) is 0 Å². The lowest BCUT2D eigenvalue weighted by molar-refractivity contribution is 0.0716. The average Bonchev–Trinajstić information content (AvgIpc) is 3.05. The molecule has 1 aliphatic heterocycles. The molecule has 3 aromatic rings. The standard InChI is InChI=1S/C17H13FN4O2/c18-12-4-2-7-20-15(12)17(23)22-8-5-14-13(10-22)21-16(24-14)11-3-1-6-19-9-11/h1-4,6-7,9H,5,8,10H2.